The van der Waals surface area contributed by atoms with Gasteiger partial charge in [0.1, 0.15) is 0 Å². The van der Waals surface area contributed by atoms with Crippen LogP contribution in [0.3, 0.4) is 0 Å². The molecule has 0 amide bonds. The van der Waals surface area contributed by atoms with Crippen molar-refractivity contribution in [3.05, 3.63) is 0 Å². The van der Waals surface area contributed by atoms with E-state index in [0.29, 0.717) is 0 Å². The highest BCUT2D eigenvalue weighted by Gasteiger charge is 2.50. The predicted octanol–water partition coefficient (Wildman–Crippen LogP) is -1.39. The van der Waals surface area contributed by atoms with Crippen molar-refractivity contribution in [1.29, 1.82) is 0 Å². The molecule has 2 unspecified atom stereocenters. The van der Waals surface area contributed by atoms with E-state index in [1.807, 2.05) is 0 Å². The molecule has 18 heavy (non-hydrogen) atoms. The molecular formula is C10H18N2O6. The zero-order valence-corrected chi connectivity index (χ0v) is 10.3. The van der Waals surface area contributed by atoms with Crippen LogP contribution in [-0.4, -0.2) is 47.8 Å². The van der Waals surface area contributed by atoms with Gasteiger partial charge in [-0.15, -0.1) is 0 Å². The largest absolute Gasteiger partial charge is 0.478 e. The van der Waals surface area contributed by atoms with Crippen LogP contribution in [0.25, 0.3) is 0 Å². The maximum atomic E-state index is 11.5. The van der Waals surface area contributed by atoms with Crippen molar-refractivity contribution in [2.45, 2.75) is 31.9 Å². The molecule has 8 heteroatoms. The second-order valence-electron chi connectivity index (χ2n) is 3.46. The summed E-state index contributed by atoms with van der Waals surface area (Å²) in [4.78, 5) is 33.9. The van der Waals surface area contributed by atoms with Crippen LogP contribution in [0.15, 0.2) is 0 Å². The molecule has 0 aliphatic heterocycles. The Bertz CT molecular complexity index is 332. The normalized spacial score (nSPS) is 15.3. The van der Waals surface area contributed by atoms with Gasteiger partial charge < -0.3 is 26.0 Å². The summed E-state index contributed by atoms with van der Waals surface area (Å²) >= 11 is 0. The summed E-state index contributed by atoms with van der Waals surface area (Å²) in [5.41, 5.74) is 8.40. The van der Waals surface area contributed by atoms with Crippen molar-refractivity contribution >= 4 is 17.9 Å². The molecule has 0 aromatic rings. The Labute approximate surface area is 104 Å². The molecule has 0 spiro atoms. The van der Waals surface area contributed by atoms with Gasteiger partial charge in [0.15, 0.2) is 6.04 Å². The molecule has 0 saturated carbocycles. The fourth-order valence-electron chi connectivity index (χ4n) is 1.35. The van der Waals surface area contributed by atoms with Gasteiger partial charge in [0, 0.05) is 0 Å². The van der Waals surface area contributed by atoms with E-state index >= 15 is 0 Å². The Morgan fingerprint density at radius 2 is 1.89 bits per heavy atom. The fourth-order valence-corrected chi connectivity index (χ4v) is 1.35. The highest BCUT2D eigenvalue weighted by atomic mass is 16.6. The van der Waals surface area contributed by atoms with E-state index in [1.165, 1.54) is 6.92 Å². The van der Waals surface area contributed by atoms with E-state index in [2.05, 4.69) is 4.74 Å². The lowest BCUT2D eigenvalue weighted by Gasteiger charge is -2.31. The molecule has 0 aromatic carbocycles. The smallest absolute Gasteiger partial charge is 0.350 e. The number of ether oxygens (including phenoxy) is 2. The zero-order chi connectivity index (χ0) is 14.3. The summed E-state index contributed by atoms with van der Waals surface area (Å²) in [7, 11) is 0. The Morgan fingerprint density at radius 1 is 1.33 bits per heavy atom. The summed E-state index contributed by atoms with van der Waals surface area (Å²) in [6.45, 7) is 2.50. The molecule has 0 fully saturated rings. The molecular weight excluding hydrogens is 244 g/mol. The highest BCUT2D eigenvalue weighted by Crippen LogP contribution is 2.21. The van der Waals surface area contributed by atoms with Crippen LogP contribution in [0, 0.1) is 0 Å². The third kappa shape index (κ3) is 3.41. The molecule has 104 valence electrons. The van der Waals surface area contributed by atoms with Crippen molar-refractivity contribution in [3.8, 4) is 0 Å². The third-order valence-electron chi connectivity index (χ3n) is 2.39. The number of carboxylic acid groups (broad SMARTS) is 1. The van der Waals surface area contributed by atoms with Crippen LogP contribution in [0.5, 0.6) is 0 Å². The minimum Gasteiger partial charge on any atom is -0.478 e. The van der Waals surface area contributed by atoms with Gasteiger partial charge in [0.05, 0.1) is 13.2 Å². The molecule has 0 radical (unpaired) electrons. The van der Waals surface area contributed by atoms with E-state index in [1.54, 1.807) is 6.92 Å². The van der Waals surface area contributed by atoms with E-state index < -0.39 is 36.1 Å². The third-order valence-corrected chi connectivity index (χ3v) is 2.39. The van der Waals surface area contributed by atoms with E-state index in [4.69, 9.17) is 21.3 Å². The predicted molar refractivity (Wildman–Crippen MR) is 60.4 cm³/mol. The fraction of sp³-hybridized carbons (Fsp3) is 0.700. The molecule has 0 aromatic heterocycles. The van der Waals surface area contributed by atoms with Crippen LogP contribution < -0.4 is 11.5 Å². The average molecular weight is 262 g/mol. The first-order valence-corrected chi connectivity index (χ1v) is 5.43. The van der Waals surface area contributed by atoms with Crippen molar-refractivity contribution in [3.63, 3.8) is 0 Å². The molecule has 0 aliphatic carbocycles. The summed E-state index contributed by atoms with van der Waals surface area (Å²) in [6, 6.07) is -1.62. The zero-order valence-electron chi connectivity index (χ0n) is 10.3. The topological polar surface area (TPSA) is 142 Å². The van der Waals surface area contributed by atoms with Gasteiger partial charge in [-0.25, -0.2) is 4.79 Å². The summed E-state index contributed by atoms with van der Waals surface area (Å²) in [6.07, 6.45) is -0.186. The number of hydrogen-bond acceptors (Lipinski definition) is 7. The number of carboxylic acids is 1. The average Bonchev–Trinajstić information content (AvgIpc) is 2.34. The van der Waals surface area contributed by atoms with Gasteiger partial charge in [-0.05, 0) is 13.3 Å². The standard InChI is InChI=1S/C10H18N2O6/c1-3-10(9(15)16,18-6(13)5-11)7(12)8(14)17-4-2/h7H,3-5,11-12H2,1-2H3,(H,15,16). The van der Waals surface area contributed by atoms with Crippen molar-refractivity contribution in [1.82, 2.24) is 0 Å². The Morgan fingerprint density at radius 3 is 2.22 bits per heavy atom. The summed E-state index contributed by atoms with van der Waals surface area (Å²) in [5, 5.41) is 9.15. The minimum atomic E-state index is -2.16. The number of rotatable bonds is 7. The second-order valence-corrected chi connectivity index (χ2v) is 3.46. The highest BCUT2D eigenvalue weighted by molar-refractivity contribution is 5.91. The molecule has 0 heterocycles. The second kappa shape index (κ2) is 6.92. The van der Waals surface area contributed by atoms with Crippen LogP contribution in [-0.2, 0) is 23.9 Å². The Kier molecular flexibility index (Phi) is 6.28. The van der Waals surface area contributed by atoms with Crippen LogP contribution in [0.1, 0.15) is 20.3 Å². The quantitative estimate of drug-likeness (QED) is 0.476. The number of nitrogens with two attached hydrogens (primary N) is 2. The lowest BCUT2D eigenvalue weighted by molar-refractivity contribution is -0.186. The maximum absolute atomic E-state index is 11.5. The number of esters is 2. The molecule has 0 rings (SSSR count). The van der Waals surface area contributed by atoms with Gasteiger partial charge >= 0.3 is 17.9 Å². The summed E-state index contributed by atoms with van der Waals surface area (Å²) in [5.74, 6) is -3.43. The van der Waals surface area contributed by atoms with Gasteiger partial charge in [0.25, 0.3) is 0 Å². The van der Waals surface area contributed by atoms with Gasteiger partial charge in [0.2, 0.25) is 5.60 Å². The molecule has 0 bridgehead atoms. The number of aliphatic carboxylic acids is 1. The monoisotopic (exact) mass is 262 g/mol. The number of hydrogen-bond donors (Lipinski definition) is 3. The van der Waals surface area contributed by atoms with Crippen molar-refractivity contribution in [2.75, 3.05) is 13.2 Å². The molecule has 0 aliphatic rings. The van der Waals surface area contributed by atoms with Crippen molar-refractivity contribution < 1.29 is 29.0 Å². The summed E-state index contributed by atoms with van der Waals surface area (Å²) < 4.78 is 9.36. The van der Waals surface area contributed by atoms with Crippen LogP contribution >= 0.6 is 0 Å². The minimum absolute atomic E-state index is 0.0385. The molecule has 0 saturated heterocycles. The lowest BCUT2D eigenvalue weighted by Crippen LogP contribution is -2.60. The first kappa shape index (κ1) is 16.3. The number of carbonyl (C=O) groups is 3. The first-order valence-electron chi connectivity index (χ1n) is 5.43. The van der Waals surface area contributed by atoms with E-state index in [0.717, 1.165) is 0 Å². The Hall–Kier alpha value is -1.67. The number of carbonyl (C=O) groups excluding carboxylic acids is 2. The van der Waals surface area contributed by atoms with Crippen LogP contribution in [0.2, 0.25) is 0 Å². The van der Waals surface area contributed by atoms with Gasteiger partial charge in [-0.1, -0.05) is 6.92 Å². The molecule has 8 nitrogen and oxygen atoms in total. The van der Waals surface area contributed by atoms with Crippen LogP contribution in [0.4, 0.5) is 0 Å². The van der Waals surface area contributed by atoms with E-state index in [9.17, 15) is 14.4 Å². The lowest BCUT2D eigenvalue weighted by atomic mass is 9.91. The molecule has 5 N–H and O–H groups in total. The van der Waals surface area contributed by atoms with Gasteiger partial charge in [-0.2, -0.15) is 0 Å². The first-order chi connectivity index (χ1) is 8.35. The van der Waals surface area contributed by atoms with Crippen molar-refractivity contribution in [2.24, 2.45) is 11.5 Å². The Balaban J connectivity index is 5.25. The molecule has 2 atom stereocenters. The maximum Gasteiger partial charge on any atom is 0.350 e. The van der Waals surface area contributed by atoms with Gasteiger partial charge in [-0.3, -0.25) is 9.59 Å². The SMILES string of the molecule is CCOC(=O)C(N)C(CC)(OC(=O)CN)C(=O)O. The van der Waals surface area contributed by atoms with E-state index in [-0.39, 0.29) is 13.0 Å².